The van der Waals surface area contributed by atoms with Crippen LogP contribution < -0.4 is 5.32 Å². The van der Waals surface area contributed by atoms with E-state index in [4.69, 9.17) is 0 Å². The molecule has 2 nitrogen and oxygen atoms in total. The Bertz CT molecular complexity index is 207. The number of likely N-dealkylation sites (N-methyl/N-ethyl adjacent to an activating group) is 1. The maximum atomic E-state index is 3.77. The molecule has 102 valence electrons. The molecule has 2 heteroatoms. The predicted octanol–water partition coefficient (Wildman–Crippen LogP) is 3.28. The summed E-state index contributed by atoms with van der Waals surface area (Å²) in [5.41, 5.74) is 0.411. The van der Waals surface area contributed by atoms with Gasteiger partial charge in [-0.2, -0.15) is 0 Å². The monoisotopic (exact) mass is 240 g/mol. The van der Waals surface area contributed by atoms with Crippen LogP contribution in [-0.4, -0.2) is 36.6 Å². The van der Waals surface area contributed by atoms with Gasteiger partial charge in [0.2, 0.25) is 0 Å². The van der Waals surface area contributed by atoms with E-state index < -0.39 is 0 Å². The first-order valence-corrected chi connectivity index (χ1v) is 7.44. The van der Waals surface area contributed by atoms with E-state index in [2.05, 4.69) is 45.0 Å². The molecule has 17 heavy (non-hydrogen) atoms. The van der Waals surface area contributed by atoms with Gasteiger partial charge in [-0.05, 0) is 52.1 Å². The van der Waals surface area contributed by atoms with Gasteiger partial charge in [-0.25, -0.2) is 0 Å². The van der Waals surface area contributed by atoms with Crippen molar-refractivity contribution in [2.24, 2.45) is 5.92 Å². The summed E-state index contributed by atoms with van der Waals surface area (Å²) in [4.78, 5) is 2.56. The number of hydrogen-bond acceptors (Lipinski definition) is 2. The van der Waals surface area contributed by atoms with Crippen LogP contribution in [0, 0.1) is 5.92 Å². The summed E-state index contributed by atoms with van der Waals surface area (Å²) in [7, 11) is 2.30. The fourth-order valence-electron chi connectivity index (χ4n) is 3.27. The lowest BCUT2D eigenvalue weighted by atomic mass is 9.90. The van der Waals surface area contributed by atoms with E-state index in [1.165, 1.54) is 45.2 Å². The van der Waals surface area contributed by atoms with Gasteiger partial charge in [0.05, 0.1) is 0 Å². The molecule has 0 bridgehead atoms. The smallest absolute Gasteiger partial charge is 0.0309 e. The van der Waals surface area contributed by atoms with Crippen LogP contribution in [0.4, 0.5) is 0 Å². The second-order valence-electron chi connectivity index (χ2n) is 6.45. The Kier molecular flexibility index (Phi) is 5.94. The van der Waals surface area contributed by atoms with Crippen molar-refractivity contribution in [3.8, 4) is 0 Å². The van der Waals surface area contributed by atoms with E-state index in [1.807, 2.05) is 0 Å². The summed E-state index contributed by atoms with van der Waals surface area (Å²) in [5, 5.41) is 3.77. The van der Waals surface area contributed by atoms with Crippen LogP contribution in [0.3, 0.4) is 0 Å². The van der Waals surface area contributed by atoms with E-state index in [0.29, 0.717) is 11.6 Å². The van der Waals surface area contributed by atoms with Gasteiger partial charge in [0.25, 0.3) is 0 Å². The number of rotatable bonds is 7. The third kappa shape index (κ3) is 4.59. The maximum Gasteiger partial charge on any atom is 0.0309 e. The molecular weight excluding hydrogens is 208 g/mol. The molecule has 1 aliphatic heterocycles. The Morgan fingerprint density at radius 3 is 2.47 bits per heavy atom. The molecule has 1 N–H and O–H groups in total. The molecule has 0 aromatic rings. The van der Waals surface area contributed by atoms with Crippen molar-refractivity contribution >= 4 is 0 Å². The normalized spacial score (nSPS) is 27.0. The molecule has 1 saturated heterocycles. The summed E-state index contributed by atoms with van der Waals surface area (Å²) < 4.78 is 0. The second-order valence-corrected chi connectivity index (χ2v) is 6.45. The third-order valence-corrected chi connectivity index (χ3v) is 4.18. The lowest BCUT2D eigenvalue weighted by molar-refractivity contribution is 0.160. The van der Waals surface area contributed by atoms with Crippen molar-refractivity contribution in [1.29, 1.82) is 0 Å². The maximum absolute atomic E-state index is 3.77. The molecule has 0 spiro atoms. The number of nitrogens with zero attached hydrogens (tertiary/aromatic N) is 1. The van der Waals surface area contributed by atoms with Gasteiger partial charge in [-0.1, -0.05) is 27.2 Å². The highest BCUT2D eigenvalue weighted by Gasteiger charge is 2.34. The fraction of sp³-hybridized carbons (Fsp3) is 1.00. The van der Waals surface area contributed by atoms with Crippen molar-refractivity contribution in [2.45, 2.75) is 71.4 Å². The van der Waals surface area contributed by atoms with Gasteiger partial charge in [0.1, 0.15) is 0 Å². The molecular formula is C15H32N2. The molecule has 0 aliphatic carbocycles. The van der Waals surface area contributed by atoms with Gasteiger partial charge >= 0.3 is 0 Å². The molecule has 0 aromatic carbocycles. The second kappa shape index (κ2) is 6.75. The van der Waals surface area contributed by atoms with Gasteiger partial charge in [-0.15, -0.1) is 0 Å². The molecule has 0 amide bonds. The van der Waals surface area contributed by atoms with E-state index >= 15 is 0 Å². The van der Waals surface area contributed by atoms with E-state index in [0.717, 1.165) is 5.92 Å². The van der Waals surface area contributed by atoms with Crippen LogP contribution in [0.2, 0.25) is 0 Å². The topological polar surface area (TPSA) is 15.3 Å². The molecule has 0 aromatic heterocycles. The van der Waals surface area contributed by atoms with Gasteiger partial charge in [0, 0.05) is 18.1 Å². The van der Waals surface area contributed by atoms with Gasteiger partial charge in [-0.3, -0.25) is 0 Å². The molecule has 1 heterocycles. The summed E-state index contributed by atoms with van der Waals surface area (Å²) in [6.07, 6.45) is 6.63. The van der Waals surface area contributed by atoms with Crippen LogP contribution in [0.5, 0.6) is 0 Å². The highest BCUT2D eigenvalue weighted by atomic mass is 15.2. The standard InChI is InChI=1S/C15H32N2/c1-6-8-15(9-7-10-16-15)12-17(5)14(4)11-13(2)3/h13-14,16H,6-12H2,1-5H3. The molecule has 0 saturated carbocycles. The Labute approximate surface area is 108 Å². The van der Waals surface area contributed by atoms with E-state index in [-0.39, 0.29) is 0 Å². The average Bonchev–Trinajstić information content (AvgIpc) is 2.66. The highest BCUT2D eigenvalue weighted by molar-refractivity contribution is 4.95. The van der Waals surface area contributed by atoms with Crippen LogP contribution in [-0.2, 0) is 0 Å². The zero-order chi connectivity index (χ0) is 12.9. The minimum atomic E-state index is 0.411. The Morgan fingerprint density at radius 2 is 2.00 bits per heavy atom. The Balaban J connectivity index is 2.49. The number of nitrogens with one attached hydrogen (secondary N) is 1. The zero-order valence-corrected chi connectivity index (χ0v) is 12.6. The molecule has 0 radical (unpaired) electrons. The summed E-state index contributed by atoms with van der Waals surface area (Å²) in [6.45, 7) is 11.7. The van der Waals surface area contributed by atoms with E-state index in [9.17, 15) is 0 Å². The van der Waals surface area contributed by atoms with Crippen LogP contribution in [0.15, 0.2) is 0 Å². The molecule has 1 rings (SSSR count). The van der Waals surface area contributed by atoms with Gasteiger partial charge in [0.15, 0.2) is 0 Å². The first-order chi connectivity index (χ1) is 7.99. The van der Waals surface area contributed by atoms with Crippen molar-refractivity contribution in [3.63, 3.8) is 0 Å². The lowest BCUT2D eigenvalue weighted by Gasteiger charge is -2.37. The summed E-state index contributed by atoms with van der Waals surface area (Å²) in [5.74, 6) is 0.797. The lowest BCUT2D eigenvalue weighted by Crippen LogP contribution is -2.50. The molecule has 1 aliphatic rings. The van der Waals surface area contributed by atoms with Crippen molar-refractivity contribution < 1.29 is 0 Å². The average molecular weight is 240 g/mol. The zero-order valence-electron chi connectivity index (χ0n) is 12.6. The minimum absolute atomic E-state index is 0.411. The molecule has 2 atom stereocenters. The molecule has 1 fully saturated rings. The van der Waals surface area contributed by atoms with Crippen molar-refractivity contribution in [3.05, 3.63) is 0 Å². The first kappa shape index (κ1) is 15.0. The van der Waals surface area contributed by atoms with Gasteiger partial charge < -0.3 is 10.2 Å². The summed E-state index contributed by atoms with van der Waals surface area (Å²) >= 11 is 0. The van der Waals surface area contributed by atoms with Crippen LogP contribution in [0.25, 0.3) is 0 Å². The van der Waals surface area contributed by atoms with Crippen molar-refractivity contribution in [1.82, 2.24) is 10.2 Å². The summed E-state index contributed by atoms with van der Waals surface area (Å²) in [6, 6.07) is 0.700. The largest absolute Gasteiger partial charge is 0.310 e. The Morgan fingerprint density at radius 1 is 1.29 bits per heavy atom. The highest BCUT2D eigenvalue weighted by Crippen LogP contribution is 2.26. The Hall–Kier alpha value is -0.0800. The predicted molar refractivity (Wildman–Crippen MR) is 76.4 cm³/mol. The first-order valence-electron chi connectivity index (χ1n) is 7.44. The third-order valence-electron chi connectivity index (χ3n) is 4.18. The van der Waals surface area contributed by atoms with Crippen LogP contribution >= 0.6 is 0 Å². The minimum Gasteiger partial charge on any atom is -0.310 e. The number of hydrogen-bond donors (Lipinski definition) is 1. The van der Waals surface area contributed by atoms with E-state index in [1.54, 1.807) is 0 Å². The SMILES string of the molecule is CCCC1(CN(C)C(C)CC(C)C)CCCN1. The molecule has 2 unspecified atom stereocenters. The van der Waals surface area contributed by atoms with Crippen molar-refractivity contribution in [2.75, 3.05) is 20.1 Å². The quantitative estimate of drug-likeness (QED) is 0.735. The van der Waals surface area contributed by atoms with Crippen LogP contribution in [0.1, 0.15) is 59.8 Å². The fourth-order valence-corrected chi connectivity index (χ4v) is 3.27.